The van der Waals surface area contributed by atoms with Gasteiger partial charge in [0.05, 0.1) is 0 Å². The van der Waals surface area contributed by atoms with E-state index in [2.05, 4.69) is 46.5 Å². The van der Waals surface area contributed by atoms with Gasteiger partial charge in [-0.05, 0) is 48.8 Å². The van der Waals surface area contributed by atoms with E-state index in [0.29, 0.717) is 5.41 Å². The van der Waals surface area contributed by atoms with Crippen LogP contribution >= 0.6 is 24.0 Å². The molecule has 5 nitrogen and oxygen atoms in total. The maximum Gasteiger partial charge on any atom is 0.221 e. The van der Waals surface area contributed by atoms with Crippen LogP contribution in [0.1, 0.15) is 52.0 Å². The summed E-state index contributed by atoms with van der Waals surface area (Å²) in [7, 11) is 1.87. The van der Waals surface area contributed by atoms with Crippen molar-refractivity contribution < 1.29 is 4.79 Å². The Bertz CT molecular complexity index is 613. The third-order valence-corrected chi connectivity index (χ3v) is 5.12. The fourth-order valence-electron chi connectivity index (χ4n) is 3.91. The minimum atomic E-state index is -0.0418. The molecule has 1 heterocycles. The Balaban J connectivity index is 0.00000364. The molecule has 6 heteroatoms. The summed E-state index contributed by atoms with van der Waals surface area (Å²) in [6, 6.07) is 8.03. The van der Waals surface area contributed by atoms with Gasteiger partial charge in [0.2, 0.25) is 5.91 Å². The fourth-order valence-corrected chi connectivity index (χ4v) is 3.91. The number of hydrogen-bond donors (Lipinski definition) is 2. The van der Waals surface area contributed by atoms with E-state index in [1.165, 1.54) is 38.2 Å². The third kappa shape index (κ3) is 7.68. The molecule has 152 valence electrons. The van der Waals surface area contributed by atoms with Gasteiger partial charge in [-0.25, -0.2) is 0 Å². The molecule has 0 spiro atoms. The van der Waals surface area contributed by atoms with E-state index in [-0.39, 0.29) is 29.9 Å². The highest BCUT2D eigenvalue weighted by atomic mass is 127. The summed E-state index contributed by atoms with van der Waals surface area (Å²) in [5.74, 6) is 0.974. The maximum atomic E-state index is 11.1. The van der Waals surface area contributed by atoms with Crippen molar-refractivity contribution in [3.63, 3.8) is 0 Å². The van der Waals surface area contributed by atoms with E-state index in [1.807, 2.05) is 19.2 Å². The van der Waals surface area contributed by atoms with Crippen molar-refractivity contribution in [1.82, 2.24) is 10.2 Å². The van der Waals surface area contributed by atoms with E-state index >= 15 is 0 Å². The summed E-state index contributed by atoms with van der Waals surface area (Å²) >= 11 is 0. The number of nitrogens with one attached hydrogen (secondary N) is 2. The van der Waals surface area contributed by atoms with E-state index < -0.39 is 0 Å². The number of hydrogen-bond acceptors (Lipinski definition) is 2. The van der Waals surface area contributed by atoms with Gasteiger partial charge in [0.15, 0.2) is 5.96 Å². The van der Waals surface area contributed by atoms with Gasteiger partial charge in [-0.15, -0.1) is 24.0 Å². The van der Waals surface area contributed by atoms with Crippen LogP contribution in [-0.2, 0) is 11.2 Å². The lowest BCUT2D eigenvalue weighted by Crippen LogP contribution is -2.50. The summed E-state index contributed by atoms with van der Waals surface area (Å²) in [5.41, 5.74) is 2.49. The SMILES string of the molecule is CCCC1(C)CCCN(C(=NC)NCCc2ccc(NC(C)=O)cc2)C1.I. The van der Waals surface area contributed by atoms with Gasteiger partial charge < -0.3 is 15.5 Å². The van der Waals surface area contributed by atoms with Crippen molar-refractivity contribution in [3.8, 4) is 0 Å². The maximum absolute atomic E-state index is 11.1. The fraction of sp³-hybridized carbons (Fsp3) is 0.619. The van der Waals surface area contributed by atoms with E-state index in [1.54, 1.807) is 0 Å². The first kappa shape index (κ1) is 23.7. The highest BCUT2D eigenvalue weighted by Crippen LogP contribution is 2.33. The van der Waals surface area contributed by atoms with Gasteiger partial charge in [0, 0.05) is 39.3 Å². The lowest BCUT2D eigenvalue weighted by Gasteiger charge is -2.42. The number of anilines is 1. The van der Waals surface area contributed by atoms with Crippen LogP contribution < -0.4 is 10.6 Å². The number of rotatable bonds is 6. The molecular weight excluding hydrogens is 451 g/mol. The van der Waals surface area contributed by atoms with Gasteiger partial charge in [-0.1, -0.05) is 32.4 Å². The number of nitrogens with zero attached hydrogens (tertiary/aromatic N) is 2. The number of amides is 1. The number of carbonyl (C=O) groups is 1. The van der Waals surface area contributed by atoms with Gasteiger partial charge in [0.1, 0.15) is 0 Å². The minimum absolute atomic E-state index is 0. The highest BCUT2D eigenvalue weighted by molar-refractivity contribution is 14.0. The molecule has 1 aliphatic heterocycles. The molecule has 1 aliphatic rings. The first-order chi connectivity index (χ1) is 12.5. The average Bonchev–Trinajstić information content (AvgIpc) is 2.59. The molecule has 1 unspecified atom stereocenters. The van der Waals surface area contributed by atoms with Crippen LogP contribution in [0.5, 0.6) is 0 Å². The zero-order valence-electron chi connectivity index (χ0n) is 17.2. The van der Waals surface area contributed by atoms with Crippen LogP contribution in [0.4, 0.5) is 5.69 Å². The smallest absolute Gasteiger partial charge is 0.221 e. The molecule has 1 aromatic carbocycles. The molecule has 1 atom stereocenters. The Kier molecular flexibility index (Phi) is 10.1. The third-order valence-electron chi connectivity index (χ3n) is 5.12. The molecule has 1 fully saturated rings. The molecule has 1 amide bonds. The van der Waals surface area contributed by atoms with E-state index in [0.717, 1.165) is 37.7 Å². The zero-order valence-corrected chi connectivity index (χ0v) is 19.5. The molecule has 0 aliphatic carbocycles. The first-order valence-corrected chi connectivity index (χ1v) is 9.78. The van der Waals surface area contributed by atoms with Crippen LogP contribution in [0.15, 0.2) is 29.3 Å². The van der Waals surface area contributed by atoms with Crippen molar-refractivity contribution in [3.05, 3.63) is 29.8 Å². The van der Waals surface area contributed by atoms with Crippen LogP contribution in [0.2, 0.25) is 0 Å². The average molecular weight is 486 g/mol. The number of aliphatic imine (C=N–C) groups is 1. The van der Waals surface area contributed by atoms with Crippen LogP contribution in [0.3, 0.4) is 0 Å². The Labute approximate surface area is 181 Å². The van der Waals surface area contributed by atoms with Crippen LogP contribution in [-0.4, -0.2) is 43.4 Å². The summed E-state index contributed by atoms with van der Waals surface area (Å²) < 4.78 is 0. The highest BCUT2D eigenvalue weighted by Gasteiger charge is 2.31. The van der Waals surface area contributed by atoms with E-state index in [9.17, 15) is 4.79 Å². The van der Waals surface area contributed by atoms with Crippen molar-refractivity contribution in [1.29, 1.82) is 0 Å². The molecule has 1 aromatic rings. The number of guanidine groups is 1. The van der Waals surface area contributed by atoms with Crippen molar-refractivity contribution in [2.24, 2.45) is 10.4 Å². The molecule has 27 heavy (non-hydrogen) atoms. The van der Waals surface area contributed by atoms with Gasteiger partial charge in [-0.2, -0.15) is 0 Å². The molecular formula is C21H35IN4O. The van der Waals surface area contributed by atoms with Crippen LogP contribution in [0, 0.1) is 5.41 Å². The summed E-state index contributed by atoms with van der Waals surface area (Å²) in [6.45, 7) is 9.24. The van der Waals surface area contributed by atoms with Gasteiger partial charge in [0.25, 0.3) is 0 Å². The predicted octanol–water partition coefficient (Wildman–Crippen LogP) is 4.28. The number of piperidine rings is 1. The van der Waals surface area contributed by atoms with Crippen molar-refractivity contribution in [2.45, 2.75) is 52.9 Å². The Morgan fingerprint density at radius 3 is 2.59 bits per heavy atom. The summed E-state index contributed by atoms with van der Waals surface area (Å²) in [4.78, 5) is 18.0. The quantitative estimate of drug-likeness (QED) is 0.359. The monoisotopic (exact) mass is 486 g/mol. The zero-order chi connectivity index (χ0) is 19.0. The molecule has 2 rings (SSSR count). The number of benzene rings is 1. The summed E-state index contributed by atoms with van der Waals surface area (Å²) in [6.07, 6.45) is 6.00. The minimum Gasteiger partial charge on any atom is -0.356 e. The largest absolute Gasteiger partial charge is 0.356 e. The topological polar surface area (TPSA) is 56.7 Å². The molecule has 0 radical (unpaired) electrons. The first-order valence-electron chi connectivity index (χ1n) is 9.78. The standard InChI is InChI=1S/C21H34N4O.HI/c1-5-12-21(3)13-6-15-25(16-21)20(22-4)23-14-11-18-7-9-19(10-8-18)24-17(2)26;/h7-10H,5-6,11-16H2,1-4H3,(H,22,23)(H,24,26);1H. The second-order valence-electron chi connectivity index (χ2n) is 7.69. The summed E-state index contributed by atoms with van der Waals surface area (Å²) in [5, 5.41) is 6.32. The molecule has 0 bridgehead atoms. The van der Waals surface area contributed by atoms with Crippen molar-refractivity contribution in [2.75, 3.05) is 32.0 Å². The second kappa shape index (κ2) is 11.5. The lowest BCUT2D eigenvalue weighted by atomic mass is 9.78. The number of carbonyl (C=O) groups excluding carboxylic acids is 1. The Morgan fingerprint density at radius 2 is 2.00 bits per heavy atom. The molecule has 2 N–H and O–H groups in total. The van der Waals surface area contributed by atoms with Gasteiger partial charge in [-0.3, -0.25) is 9.79 Å². The molecule has 0 aromatic heterocycles. The molecule has 1 saturated heterocycles. The molecule has 0 saturated carbocycles. The lowest BCUT2D eigenvalue weighted by molar-refractivity contribution is -0.114. The van der Waals surface area contributed by atoms with Gasteiger partial charge >= 0.3 is 0 Å². The van der Waals surface area contributed by atoms with E-state index in [4.69, 9.17) is 0 Å². The Hall–Kier alpha value is -1.31. The second-order valence-corrected chi connectivity index (χ2v) is 7.69. The van der Waals surface area contributed by atoms with Crippen molar-refractivity contribution >= 4 is 41.5 Å². The Morgan fingerprint density at radius 1 is 1.30 bits per heavy atom. The predicted molar refractivity (Wildman–Crippen MR) is 125 cm³/mol. The number of likely N-dealkylation sites (tertiary alicyclic amines) is 1. The number of halogens is 1. The normalized spacial score (nSPS) is 20.0. The van der Waals surface area contributed by atoms with Crippen LogP contribution in [0.25, 0.3) is 0 Å².